The van der Waals surface area contributed by atoms with Crippen molar-refractivity contribution < 1.29 is 28.5 Å². The first-order valence-corrected chi connectivity index (χ1v) is 5.53. The first-order chi connectivity index (χ1) is 8.86. The summed E-state index contributed by atoms with van der Waals surface area (Å²) in [5.41, 5.74) is 5.18. The molecule has 0 fully saturated rings. The minimum atomic E-state index is -2.87. The highest BCUT2D eigenvalue weighted by molar-refractivity contribution is 5.66. The SMILES string of the molecule is COc1cc(C(F)F)c(O)c(C(N)CCC(=O)O)c1. The van der Waals surface area contributed by atoms with Gasteiger partial charge in [0.1, 0.15) is 11.5 Å². The van der Waals surface area contributed by atoms with Crippen LogP contribution in [-0.2, 0) is 4.79 Å². The molecular weight excluding hydrogens is 260 g/mol. The smallest absolute Gasteiger partial charge is 0.303 e. The molecule has 1 atom stereocenters. The van der Waals surface area contributed by atoms with Crippen molar-refractivity contribution in [3.05, 3.63) is 23.3 Å². The van der Waals surface area contributed by atoms with Crippen LogP contribution in [0.3, 0.4) is 0 Å². The summed E-state index contributed by atoms with van der Waals surface area (Å²) in [5, 5.41) is 18.3. The molecule has 0 spiro atoms. The maximum Gasteiger partial charge on any atom is 0.303 e. The minimum Gasteiger partial charge on any atom is -0.507 e. The molecule has 7 heteroatoms. The monoisotopic (exact) mass is 275 g/mol. The zero-order valence-corrected chi connectivity index (χ0v) is 10.3. The molecule has 1 unspecified atom stereocenters. The summed E-state index contributed by atoms with van der Waals surface area (Å²) in [6.07, 6.45) is -3.07. The Balaban J connectivity index is 3.11. The van der Waals surface area contributed by atoms with Crippen molar-refractivity contribution in [2.45, 2.75) is 25.3 Å². The van der Waals surface area contributed by atoms with Gasteiger partial charge in [0.2, 0.25) is 0 Å². The van der Waals surface area contributed by atoms with Crippen molar-refractivity contribution in [3.63, 3.8) is 0 Å². The van der Waals surface area contributed by atoms with Gasteiger partial charge in [-0.2, -0.15) is 0 Å². The van der Waals surface area contributed by atoms with Gasteiger partial charge in [-0.25, -0.2) is 8.78 Å². The van der Waals surface area contributed by atoms with E-state index in [1.54, 1.807) is 0 Å². The molecule has 0 aliphatic heterocycles. The van der Waals surface area contributed by atoms with Crippen LogP contribution in [0.4, 0.5) is 8.78 Å². The Morgan fingerprint density at radius 3 is 2.47 bits per heavy atom. The maximum atomic E-state index is 12.8. The molecule has 0 aliphatic rings. The molecule has 0 heterocycles. The third-order valence-corrected chi connectivity index (χ3v) is 2.68. The number of phenols is 1. The number of ether oxygens (including phenoxy) is 1. The van der Waals surface area contributed by atoms with E-state index in [1.807, 2.05) is 0 Å². The van der Waals surface area contributed by atoms with Gasteiger partial charge in [-0.15, -0.1) is 0 Å². The number of carboxylic acid groups (broad SMARTS) is 1. The first-order valence-electron chi connectivity index (χ1n) is 5.53. The van der Waals surface area contributed by atoms with Gasteiger partial charge in [0.15, 0.2) is 0 Å². The fourth-order valence-electron chi connectivity index (χ4n) is 1.65. The number of phenolic OH excluding ortho intramolecular Hbond substituents is 1. The molecule has 0 radical (unpaired) electrons. The van der Waals surface area contributed by atoms with Crippen LogP contribution in [0.15, 0.2) is 12.1 Å². The molecule has 0 saturated carbocycles. The number of hydrogen-bond donors (Lipinski definition) is 3. The lowest BCUT2D eigenvalue weighted by molar-refractivity contribution is -0.137. The van der Waals surface area contributed by atoms with Crippen LogP contribution in [0.25, 0.3) is 0 Å². The highest BCUT2D eigenvalue weighted by Crippen LogP contribution is 2.38. The Morgan fingerprint density at radius 2 is 2.00 bits per heavy atom. The minimum absolute atomic E-state index is 0.0265. The first kappa shape index (κ1) is 15.2. The lowest BCUT2D eigenvalue weighted by atomic mass is 9.98. The van der Waals surface area contributed by atoms with Crippen LogP contribution >= 0.6 is 0 Å². The average Bonchev–Trinajstić information content (AvgIpc) is 2.35. The molecule has 0 bridgehead atoms. The molecule has 0 amide bonds. The van der Waals surface area contributed by atoms with Crippen molar-refractivity contribution >= 4 is 5.97 Å². The van der Waals surface area contributed by atoms with Crippen LogP contribution in [-0.4, -0.2) is 23.3 Å². The topological polar surface area (TPSA) is 92.8 Å². The molecule has 5 nitrogen and oxygen atoms in total. The number of nitrogens with two attached hydrogens (primary N) is 1. The van der Waals surface area contributed by atoms with Gasteiger partial charge in [0, 0.05) is 18.0 Å². The second-order valence-electron chi connectivity index (χ2n) is 3.99. The Kier molecular flexibility index (Phi) is 5.05. The van der Waals surface area contributed by atoms with Gasteiger partial charge >= 0.3 is 5.97 Å². The lowest BCUT2D eigenvalue weighted by Gasteiger charge is -2.16. The van der Waals surface area contributed by atoms with Crippen LogP contribution in [0.5, 0.6) is 11.5 Å². The molecule has 0 aromatic heterocycles. The number of aromatic hydroxyl groups is 1. The fourth-order valence-corrected chi connectivity index (χ4v) is 1.65. The second kappa shape index (κ2) is 6.33. The van der Waals surface area contributed by atoms with Crippen molar-refractivity contribution in [1.29, 1.82) is 0 Å². The highest BCUT2D eigenvalue weighted by atomic mass is 19.3. The van der Waals surface area contributed by atoms with Crippen LogP contribution < -0.4 is 10.5 Å². The van der Waals surface area contributed by atoms with Crippen molar-refractivity contribution in [3.8, 4) is 11.5 Å². The Labute approximate surface area is 108 Å². The second-order valence-corrected chi connectivity index (χ2v) is 3.99. The van der Waals surface area contributed by atoms with Gasteiger partial charge in [-0.3, -0.25) is 4.79 Å². The molecule has 106 valence electrons. The van der Waals surface area contributed by atoms with Gasteiger partial charge in [-0.1, -0.05) is 0 Å². The molecular formula is C12H15F2NO4. The Bertz CT molecular complexity index is 465. The molecule has 1 aromatic rings. The van der Waals surface area contributed by atoms with E-state index in [-0.39, 0.29) is 24.2 Å². The standard InChI is InChI=1S/C12H15F2NO4/c1-19-6-4-7(9(15)2-3-10(16)17)11(18)8(5-6)12(13)14/h4-5,9,12,18H,2-3,15H2,1H3,(H,16,17). The van der Waals surface area contributed by atoms with E-state index in [2.05, 4.69) is 0 Å². The zero-order valence-electron chi connectivity index (χ0n) is 10.3. The van der Waals surface area contributed by atoms with E-state index < -0.39 is 29.7 Å². The summed E-state index contributed by atoms with van der Waals surface area (Å²) < 4.78 is 30.4. The van der Waals surface area contributed by atoms with Crippen LogP contribution in [0.2, 0.25) is 0 Å². The predicted molar refractivity (Wildman–Crippen MR) is 63.4 cm³/mol. The fraction of sp³-hybridized carbons (Fsp3) is 0.417. The molecule has 0 aliphatic carbocycles. The predicted octanol–water partition coefficient (Wildman–Crippen LogP) is 2.20. The highest BCUT2D eigenvalue weighted by Gasteiger charge is 2.21. The van der Waals surface area contributed by atoms with E-state index in [0.717, 1.165) is 6.07 Å². The summed E-state index contributed by atoms with van der Waals surface area (Å²) >= 11 is 0. The van der Waals surface area contributed by atoms with Crippen LogP contribution in [0.1, 0.15) is 36.4 Å². The summed E-state index contributed by atoms with van der Waals surface area (Å²) in [6, 6.07) is 1.49. The van der Waals surface area contributed by atoms with Gasteiger partial charge in [0.05, 0.1) is 12.7 Å². The van der Waals surface area contributed by atoms with Gasteiger partial charge < -0.3 is 20.7 Å². The number of halogens is 2. The average molecular weight is 275 g/mol. The zero-order chi connectivity index (χ0) is 14.6. The van der Waals surface area contributed by atoms with Crippen molar-refractivity contribution in [1.82, 2.24) is 0 Å². The molecule has 0 saturated heterocycles. The largest absolute Gasteiger partial charge is 0.507 e. The Hall–Kier alpha value is -1.89. The van der Waals surface area contributed by atoms with Crippen LogP contribution in [0, 0.1) is 0 Å². The molecule has 1 aromatic carbocycles. The maximum absolute atomic E-state index is 12.8. The van der Waals surface area contributed by atoms with E-state index in [4.69, 9.17) is 15.6 Å². The van der Waals surface area contributed by atoms with E-state index in [1.165, 1.54) is 13.2 Å². The normalized spacial score (nSPS) is 12.5. The summed E-state index contributed by atoms with van der Waals surface area (Å²) in [4.78, 5) is 10.5. The lowest BCUT2D eigenvalue weighted by Crippen LogP contribution is -2.13. The number of carboxylic acids is 1. The number of rotatable bonds is 6. The van der Waals surface area contributed by atoms with Crippen molar-refractivity contribution in [2.24, 2.45) is 5.73 Å². The number of aliphatic carboxylic acids is 1. The number of hydrogen-bond acceptors (Lipinski definition) is 4. The molecule has 19 heavy (non-hydrogen) atoms. The van der Waals surface area contributed by atoms with E-state index in [0.29, 0.717) is 0 Å². The number of methoxy groups -OCH3 is 1. The van der Waals surface area contributed by atoms with E-state index >= 15 is 0 Å². The quantitative estimate of drug-likeness (QED) is 0.740. The summed E-state index contributed by atoms with van der Waals surface area (Å²) in [7, 11) is 1.30. The summed E-state index contributed by atoms with van der Waals surface area (Å²) in [6.45, 7) is 0. The molecule has 1 rings (SSSR count). The third-order valence-electron chi connectivity index (χ3n) is 2.68. The van der Waals surface area contributed by atoms with Gasteiger partial charge in [0.25, 0.3) is 6.43 Å². The van der Waals surface area contributed by atoms with Crippen molar-refractivity contribution in [2.75, 3.05) is 7.11 Å². The number of carbonyl (C=O) groups is 1. The number of benzene rings is 1. The Morgan fingerprint density at radius 1 is 1.42 bits per heavy atom. The van der Waals surface area contributed by atoms with E-state index in [9.17, 15) is 18.7 Å². The summed E-state index contributed by atoms with van der Waals surface area (Å²) in [5.74, 6) is -1.53. The third kappa shape index (κ3) is 3.78. The number of alkyl halides is 2. The van der Waals surface area contributed by atoms with Gasteiger partial charge in [-0.05, 0) is 18.6 Å². The molecule has 4 N–H and O–H groups in total.